The molecule has 0 radical (unpaired) electrons. The molecule has 172 valence electrons. The van der Waals surface area contributed by atoms with Gasteiger partial charge in [-0.2, -0.15) is 5.10 Å². The third-order valence-corrected chi connectivity index (χ3v) is 5.89. The number of aryl methyl sites for hydroxylation is 1. The molecule has 9 heteroatoms. The summed E-state index contributed by atoms with van der Waals surface area (Å²) >= 11 is 0. The van der Waals surface area contributed by atoms with Crippen LogP contribution in [-0.2, 0) is 0 Å². The van der Waals surface area contributed by atoms with Crippen LogP contribution in [0.3, 0.4) is 0 Å². The van der Waals surface area contributed by atoms with Gasteiger partial charge in [-0.25, -0.2) is 9.97 Å². The second-order valence-electron chi connectivity index (χ2n) is 8.06. The van der Waals surface area contributed by atoms with Crippen LogP contribution < -0.4 is 15.5 Å². The lowest BCUT2D eigenvalue weighted by atomic mass is 10.1. The Hall–Kier alpha value is -4.40. The molecule has 0 bridgehead atoms. The van der Waals surface area contributed by atoms with Gasteiger partial charge in [0, 0.05) is 30.4 Å². The predicted molar refractivity (Wildman–Crippen MR) is 136 cm³/mol. The third-order valence-electron chi connectivity index (χ3n) is 5.89. The first-order valence-corrected chi connectivity index (χ1v) is 11.3. The quantitative estimate of drug-likeness (QED) is 0.276. The van der Waals surface area contributed by atoms with E-state index in [1.807, 2.05) is 49.4 Å². The number of hydrogen-bond donors (Lipinski definition) is 4. The first-order valence-electron chi connectivity index (χ1n) is 11.3. The Balaban J connectivity index is 1.52. The Morgan fingerprint density at radius 3 is 2.74 bits per heavy atom. The van der Waals surface area contributed by atoms with Gasteiger partial charge in [0.05, 0.1) is 34.0 Å². The minimum absolute atomic E-state index is 0.188. The van der Waals surface area contributed by atoms with E-state index < -0.39 is 0 Å². The van der Waals surface area contributed by atoms with Crippen LogP contribution in [0.15, 0.2) is 54.9 Å². The zero-order valence-corrected chi connectivity index (χ0v) is 19.3. The van der Waals surface area contributed by atoms with Gasteiger partial charge in [0.15, 0.2) is 0 Å². The average Bonchev–Trinajstić information content (AvgIpc) is 3.46. The summed E-state index contributed by atoms with van der Waals surface area (Å²) in [5.74, 6) is 1.12. The highest BCUT2D eigenvalue weighted by molar-refractivity contribution is 6.11. The molecule has 1 amide bonds. The lowest BCUT2D eigenvalue weighted by Crippen LogP contribution is -2.25. The molecule has 9 nitrogen and oxygen atoms in total. The molecule has 0 saturated carbocycles. The monoisotopic (exact) mass is 454 g/mol. The molecule has 0 aliphatic rings. The highest BCUT2D eigenvalue weighted by Crippen LogP contribution is 2.29. The number of carbonyl (C=O) groups excluding carboxylic acids is 1. The number of nitrogens with one attached hydrogen (secondary N) is 4. The van der Waals surface area contributed by atoms with E-state index in [2.05, 4.69) is 49.5 Å². The van der Waals surface area contributed by atoms with Gasteiger partial charge in [-0.1, -0.05) is 6.07 Å². The van der Waals surface area contributed by atoms with Crippen LogP contribution >= 0.6 is 0 Å². The fourth-order valence-electron chi connectivity index (χ4n) is 4.05. The molecule has 0 spiro atoms. The Morgan fingerprint density at radius 2 is 1.94 bits per heavy atom. The normalized spacial score (nSPS) is 11.1. The van der Waals surface area contributed by atoms with Crippen molar-refractivity contribution in [3.8, 4) is 0 Å². The molecular formula is C25H26N8O. The lowest BCUT2D eigenvalue weighted by Gasteiger charge is -2.23. The fourth-order valence-corrected chi connectivity index (χ4v) is 4.05. The number of carbonyl (C=O) groups is 1. The molecule has 2 aromatic carbocycles. The van der Waals surface area contributed by atoms with Crippen molar-refractivity contribution in [2.24, 2.45) is 0 Å². The number of aromatic amines is 2. The van der Waals surface area contributed by atoms with Crippen molar-refractivity contribution in [1.29, 1.82) is 0 Å². The van der Waals surface area contributed by atoms with Gasteiger partial charge in [-0.15, -0.1) is 0 Å². The molecule has 4 N–H and O–H groups in total. The van der Waals surface area contributed by atoms with E-state index >= 15 is 0 Å². The van der Waals surface area contributed by atoms with Gasteiger partial charge in [-0.3, -0.25) is 9.89 Å². The smallest absolute Gasteiger partial charge is 0.257 e. The number of H-pyrrole nitrogens is 2. The van der Waals surface area contributed by atoms with E-state index in [9.17, 15) is 4.79 Å². The SMILES string of the molecule is CCN(CC)c1cc2nc(Nc3ncccc3C)[nH]c2cc1C(=O)Nc1ccc2cn[nH]c2c1. The maximum absolute atomic E-state index is 13.4. The first-order chi connectivity index (χ1) is 16.6. The topological polar surface area (TPSA) is 115 Å². The molecule has 3 heterocycles. The molecule has 0 unspecified atom stereocenters. The van der Waals surface area contributed by atoms with Crippen LogP contribution in [0, 0.1) is 6.92 Å². The molecule has 0 atom stereocenters. The number of imidazole rings is 1. The molecule has 34 heavy (non-hydrogen) atoms. The minimum atomic E-state index is -0.188. The van der Waals surface area contributed by atoms with Crippen molar-refractivity contribution in [2.75, 3.05) is 28.6 Å². The number of benzene rings is 2. The summed E-state index contributed by atoms with van der Waals surface area (Å²) < 4.78 is 0. The molecule has 5 aromatic rings. The van der Waals surface area contributed by atoms with Crippen molar-refractivity contribution in [2.45, 2.75) is 20.8 Å². The number of nitrogens with zero attached hydrogens (tertiary/aromatic N) is 4. The van der Waals surface area contributed by atoms with Crippen molar-refractivity contribution >= 4 is 51.0 Å². The average molecular weight is 455 g/mol. The summed E-state index contributed by atoms with van der Waals surface area (Å²) in [6, 6.07) is 13.4. The number of pyridine rings is 1. The van der Waals surface area contributed by atoms with Crippen LogP contribution in [0.4, 0.5) is 23.1 Å². The Morgan fingerprint density at radius 1 is 1.09 bits per heavy atom. The van der Waals surface area contributed by atoms with Gasteiger partial charge in [0.2, 0.25) is 5.95 Å². The fraction of sp³-hybridized carbons (Fsp3) is 0.200. The van der Waals surface area contributed by atoms with Gasteiger partial charge < -0.3 is 20.5 Å². The second-order valence-corrected chi connectivity index (χ2v) is 8.06. The van der Waals surface area contributed by atoms with E-state index in [-0.39, 0.29) is 5.91 Å². The summed E-state index contributed by atoms with van der Waals surface area (Å²) in [5.41, 5.74) is 5.53. The van der Waals surface area contributed by atoms with E-state index in [0.717, 1.165) is 52.1 Å². The van der Waals surface area contributed by atoms with Crippen LogP contribution in [-0.4, -0.2) is 44.1 Å². The van der Waals surface area contributed by atoms with Crippen LogP contribution in [0.2, 0.25) is 0 Å². The highest BCUT2D eigenvalue weighted by Gasteiger charge is 2.19. The molecule has 0 aliphatic carbocycles. The summed E-state index contributed by atoms with van der Waals surface area (Å²) in [7, 11) is 0. The standard InChI is InChI=1S/C25H26N8O/c1-4-33(5-2)22-13-21-20(29-25(30-21)31-23-15(3)7-6-10-26-23)12-18(22)24(34)28-17-9-8-16-14-27-32-19(16)11-17/h6-14H,4-5H2,1-3H3,(H,27,32)(H,28,34)(H2,26,29,30,31). The number of anilines is 4. The van der Waals surface area contributed by atoms with Gasteiger partial charge >= 0.3 is 0 Å². The maximum Gasteiger partial charge on any atom is 0.257 e. The number of amides is 1. The van der Waals surface area contributed by atoms with Crippen LogP contribution in [0.1, 0.15) is 29.8 Å². The lowest BCUT2D eigenvalue weighted by molar-refractivity contribution is 0.102. The van der Waals surface area contributed by atoms with E-state index in [1.54, 1.807) is 12.4 Å². The Kier molecular flexibility index (Phi) is 5.59. The molecule has 3 aromatic heterocycles. The second kappa shape index (κ2) is 8.86. The van der Waals surface area contributed by atoms with E-state index in [4.69, 9.17) is 4.98 Å². The van der Waals surface area contributed by atoms with E-state index in [1.165, 1.54) is 0 Å². The summed E-state index contributed by atoms with van der Waals surface area (Å²) in [5, 5.41) is 14.2. The number of rotatable bonds is 7. The third kappa shape index (κ3) is 4.03. The first kappa shape index (κ1) is 21.4. The van der Waals surface area contributed by atoms with Gasteiger partial charge in [-0.05, 0) is 62.7 Å². The van der Waals surface area contributed by atoms with Crippen molar-refractivity contribution < 1.29 is 4.79 Å². The highest BCUT2D eigenvalue weighted by atomic mass is 16.1. The van der Waals surface area contributed by atoms with Crippen LogP contribution in [0.25, 0.3) is 21.9 Å². The predicted octanol–water partition coefficient (Wildman–Crippen LogP) is 4.98. The molecule has 0 saturated heterocycles. The van der Waals surface area contributed by atoms with Crippen molar-refractivity contribution in [1.82, 2.24) is 25.1 Å². The van der Waals surface area contributed by atoms with Crippen molar-refractivity contribution in [3.63, 3.8) is 0 Å². The molecule has 0 fully saturated rings. The number of aromatic nitrogens is 5. The number of fused-ring (bicyclic) bond motifs is 2. The largest absolute Gasteiger partial charge is 0.371 e. The summed E-state index contributed by atoms with van der Waals surface area (Å²) in [4.78, 5) is 27.9. The summed E-state index contributed by atoms with van der Waals surface area (Å²) in [6.07, 6.45) is 3.49. The van der Waals surface area contributed by atoms with Crippen molar-refractivity contribution in [3.05, 3.63) is 66.0 Å². The minimum Gasteiger partial charge on any atom is -0.371 e. The zero-order chi connectivity index (χ0) is 23.7. The van der Waals surface area contributed by atoms with E-state index in [0.29, 0.717) is 17.2 Å². The molecule has 0 aliphatic heterocycles. The zero-order valence-electron chi connectivity index (χ0n) is 19.3. The van der Waals surface area contributed by atoms with Gasteiger partial charge in [0.25, 0.3) is 5.91 Å². The van der Waals surface area contributed by atoms with Gasteiger partial charge in [0.1, 0.15) is 5.82 Å². The summed E-state index contributed by atoms with van der Waals surface area (Å²) in [6.45, 7) is 7.67. The van der Waals surface area contributed by atoms with Crippen LogP contribution in [0.5, 0.6) is 0 Å². The Bertz CT molecular complexity index is 1480. The molecule has 5 rings (SSSR count). The molecular weight excluding hydrogens is 428 g/mol. The Labute approximate surface area is 196 Å². The maximum atomic E-state index is 13.4. The number of hydrogen-bond acceptors (Lipinski definition) is 6.